The summed E-state index contributed by atoms with van der Waals surface area (Å²) < 4.78 is 10.1. The van der Waals surface area contributed by atoms with Gasteiger partial charge in [-0.2, -0.15) is 0 Å². The second-order valence-corrected chi connectivity index (χ2v) is 5.74. The minimum Gasteiger partial charge on any atom is -0.460 e. The number of carbonyl (C=O) groups is 3. The van der Waals surface area contributed by atoms with Gasteiger partial charge in [-0.3, -0.25) is 4.79 Å². The number of ether oxygens (including phenoxy) is 2. The molecular weight excluding hydrogens is 286 g/mol. The highest BCUT2D eigenvalue weighted by molar-refractivity contribution is 5.79. The van der Waals surface area contributed by atoms with Crippen molar-refractivity contribution in [3.05, 3.63) is 35.9 Å². The number of amides is 1. The highest BCUT2D eigenvalue weighted by atomic mass is 16.6. The smallest absolute Gasteiger partial charge is 0.408 e. The topological polar surface area (TPSA) is 81.7 Å². The normalized spacial score (nSPS) is 12.1. The van der Waals surface area contributed by atoms with E-state index in [4.69, 9.17) is 9.47 Å². The first-order chi connectivity index (χ1) is 10.3. The van der Waals surface area contributed by atoms with E-state index < -0.39 is 23.7 Å². The quantitative estimate of drug-likeness (QED) is 0.643. The predicted octanol–water partition coefficient (Wildman–Crippen LogP) is 2.21. The molecule has 0 fully saturated rings. The van der Waals surface area contributed by atoms with Gasteiger partial charge in [-0.05, 0) is 26.3 Å². The Labute approximate surface area is 129 Å². The lowest BCUT2D eigenvalue weighted by molar-refractivity contribution is -0.155. The molecule has 6 nitrogen and oxygen atoms in total. The van der Waals surface area contributed by atoms with Gasteiger partial charge in [0.1, 0.15) is 18.5 Å². The van der Waals surface area contributed by atoms with Gasteiger partial charge in [0.2, 0.25) is 0 Å². The summed E-state index contributed by atoms with van der Waals surface area (Å²) in [5, 5.41) is 2.32. The third kappa shape index (κ3) is 7.42. The van der Waals surface area contributed by atoms with Crippen molar-refractivity contribution in [1.82, 2.24) is 5.32 Å². The minimum atomic E-state index is -0.974. The summed E-state index contributed by atoms with van der Waals surface area (Å²) in [7, 11) is 0. The fraction of sp³-hybridized carbons (Fsp3) is 0.438. The molecule has 1 aromatic rings. The number of benzene rings is 1. The van der Waals surface area contributed by atoms with Crippen LogP contribution in [0.2, 0.25) is 0 Å². The highest BCUT2D eigenvalue weighted by Gasteiger charge is 2.21. The second kappa shape index (κ2) is 8.17. The molecule has 0 aliphatic carbocycles. The van der Waals surface area contributed by atoms with Crippen LogP contribution in [-0.2, 0) is 25.7 Å². The molecule has 0 saturated carbocycles. The molecule has 1 amide bonds. The maximum absolute atomic E-state index is 11.6. The van der Waals surface area contributed by atoms with Crippen molar-refractivity contribution < 1.29 is 23.9 Å². The summed E-state index contributed by atoms with van der Waals surface area (Å²) in [6.07, 6.45) is -0.515. The van der Waals surface area contributed by atoms with E-state index in [2.05, 4.69) is 5.32 Å². The number of carbonyl (C=O) groups excluding carboxylic acids is 3. The molecule has 1 aromatic carbocycles. The van der Waals surface area contributed by atoms with Crippen LogP contribution in [-0.4, -0.2) is 30.0 Å². The van der Waals surface area contributed by atoms with Gasteiger partial charge in [0.05, 0.1) is 12.5 Å². The zero-order valence-electron chi connectivity index (χ0n) is 13.0. The number of nitrogens with one attached hydrogen (secondary N) is 1. The minimum absolute atomic E-state index is 0.0880. The van der Waals surface area contributed by atoms with Gasteiger partial charge in [0.25, 0.3) is 0 Å². The number of rotatable bonds is 6. The van der Waals surface area contributed by atoms with E-state index >= 15 is 0 Å². The molecule has 1 atom stereocenters. The summed E-state index contributed by atoms with van der Waals surface area (Å²) >= 11 is 0. The Kier molecular flexibility index (Phi) is 6.56. The van der Waals surface area contributed by atoms with Crippen molar-refractivity contribution in [2.45, 2.75) is 45.4 Å². The standard InChI is InChI=1S/C16H21NO5/c1-16(2,3)22-14(19)9-13(10-18)17-15(20)21-11-12-7-5-4-6-8-12/h4-8,10,13H,9,11H2,1-3H3,(H,17,20)/t13-/m0/s1. The maximum Gasteiger partial charge on any atom is 0.408 e. The van der Waals surface area contributed by atoms with Crippen molar-refractivity contribution in [2.24, 2.45) is 0 Å². The molecule has 0 unspecified atom stereocenters. The average Bonchev–Trinajstić information content (AvgIpc) is 2.43. The van der Waals surface area contributed by atoms with Crippen LogP contribution >= 0.6 is 0 Å². The summed E-state index contributed by atoms with van der Waals surface area (Å²) in [6.45, 7) is 5.26. The summed E-state index contributed by atoms with van der Waals surface area (Å²) in [6, 6.07) is 8.15. The summed E-state index contributed by atoms with van der Waals surface area (Å²) in [5.41, 5.74) is 0.186. The van der Waals surface area contributed by atoms with E-state index in [0.29, 0.717) is 6.29 Å². The Morgan fingerprint density at radius 2 is 1.86 bits per heavy atom. The van der Waals surface area contributed by atoms with E-state index in [0.717, 1.165) is 5.56 Å². The van der Waals surface area contributed by atoms with Gasteiger partial charge in [0.15, 0.2) is 0 Å². The van der Waals surface area contributed by atoms with Gasteiger partial charge >= 0.3 is 12.1 Å². The van der Waals surface area contributed by atoms with Gasteiger partial charge in [0, 0.05) is 0 Å². The zero-order chi connectivity index (χ0) is 16.6. The zero-order valence-corrected chi connectivity index (χ0v) is 13.0. The predicted molar refractivity (Wildman–Crippen MR) is 80.1 cm³/mol. The van der Waals surface area contributed by atoms with Crippen LogP contribution in [0.5, 0.6) is 0 Å². The van der Waals surface area contributed by atoms with Crippen LogP contribution in [0.3, 0.4) is 0 Å². The van der Waals surface area contributed by atoms with Crippen molar-refractivity contribution >= 4 is 18.3 Å². The maximum atomic E-state index is 11.6. The Hall–Kier alpha value is -2.37. The molecule has 22 heavy (non-hydrogen) atoms. The molecule has 1 N–H and O–H groups in total. The van der Waals surface area contributed by atoms with Crippen LogP contribution in [0.25, 0.3) is 0 Å². The first-order valence-electron chi connectivity index (χ1n) is 6.94. The van der Waals surface area contributed by atoms with E-state index in [9.17, 15) is 14.4 Å². The van der Waals surface area contributed by atoms with Crippen LogP contribution in [0.1, 0.15) is 32.8 Å². The molecule has 0 saturated heterocycles. The van der Waals surface area contributed by atoms with Crippen LogP contribution in [0, 0.1) is 0 Å². The molecule has 0 aliphatic heterocycles. The molecule has 0 aromatic heterocycles. The molecule has 0 radical (unpaired) electrons. The second-order valence-electron chi connectivity index (χ2n) is 5.74. The highest BCUT2D eigenvalue weighted by Crippen LogP contribution is 2.09. The summed E-state index contributed by atoms with van der Waals surface area (Å²) in [4.78, 5) is 34.2. The summed E-state index contributed by atoms with van der Waals surface area (Å²) in [5.74, 6) is -0.562. The fourth-order valence-corrected chi connectivity index (χ4v) is 1.61. The number of hydrogen-bond acceptors (Lipinski definition) is 5. The van der Waals surface area contributed by atoms with Crippen LogP contribution in [0.4, 0.5) is 4.79 Å². The Balaban J connectivity index is 2.40. The third-order valence-corrected chi connectivity index (χ3v) is 2.49. The lowest BCUT2D eigenvalue weighted by Gasteiger charge is -2.20. The SMILES string of the molecule is CC(C)(C)OC(=O)C[C@@H](C=O)NC(=O)OCc1ccccc1. The molecule has 120 valence electrons. The molecule has 1 rings (SSSR count). The number of hydrogen-bond donors (Lipinski definition) is 1. The van der Waals surface area contributed by atoms with E-state index in [1.54, 1.807) is 20.8 Å². The fourth-order valence-electron chi connectivity index (χ4n) is 1.61. The van der Waals surface area contributed by atoms with Crippen molar-refractivity contribution in [3.63, 3.8) is 0 Å². The molecule has 0 heterocycles. The monoisotopic (exact) mass is 307 g/mol. The lowest BCUT2D eigenvalue weighted by atomic mass is 10.2. The lowest BCUT2D eigenvalue weighted by Crippen LogP contribution is -2.39. The van der Waals surface area contributed by atoms with Crippen LogP contribution < -0.4 is 5.32 Å². The molecular formula is C16H21NO5. The van der Waals surface area contributed by atoms with E-state index in [1.165, 1.54) is 0 Å². The molecule has 0 aliphatic rings. The Morgan fingerprint density at radius 3 is 2.41 bits per heavy atom. The largest absolute Gasteiger partial charge is 0.460 e. The Morgan fingerprint density at radius 1 is 1.23 bits per heavy atom. The van der Waals surface area contributed by atoms with E-state index in [1.807, 2.05) is 30.3 Å². The van der Waals surface area contributed by atoms with Crippen LogP contribution in [0.15, 0.2) is 30.3 Å². The van der Waals surface area contributed by atoms with Crippen molar-refractivity contribution in [1.29, 1.82) is 0 Å². The van der Waals surface area contributed by atoms with Gasteiger partial charge in [-0.1, -0.05) is 30.3 Å². The first-order valence-corrected chi connectivity index (χ1v) is 6.94. The molecule has 0 bridgehead atoms. The third-order valence-electron chi connectivity index (χ3n) is 2.49. The van der Waals surface area contributed by atoms with Gasteiger partial charge in [-0.15, -0.1) is 0 Å². The van der Waals surface area contributed by atoms with E-state index in [-0.39, 0.29) is 13.0 Å². The number of aldehydes is 1. The van der Waals surface area contributed by atoms with Gasteiger partial charge < -0.3 is 19.6 Å². The first kappa shape index (κ1) is 17.7. The van der Waals surface area contributed by atoms with Gasteiger partial charge in [-0.25, -0.2) is 4.79 Å². The average molecular weight is 307 g/mol. The number of alkyl carbamates (subject to hydrolysis) is 1. The Bertz CT molecular complexity index is 507. The number of esters is 1. The van der Waals surface area contributed by atoms with Crippen molar-refractivity contribution in [2.75, 3.05) is 0 Å². The molecule has 6 heteroatoms. The van der Waals surface area contributed by atoms with Crippen molar-refractivity contribution in [3.8, 4) is 0 Å². The molecule has 0 spiro atoms.